The molecule has 2 saturated heterocycles. The number of aromatic nitrogens is 3. The molecule has 2 aliphatic rings. The number of carbonyl (C=O) groups excluding carboxylic acids is 6. The molecule has 8 unspecified atom stereocenters. The van der Waals surface area contributed by atoms with E-state index in [1.807, 2.05) is 0 Å². The maximum Gasteiger partial charge on any atom is 0.407 e. The third kappa shape index (κ3) is 38.8. The monoisotopic (exact) mass is 1390 g/mol. The largest absolute Gasteiger partial charge is 0.460 e. The fraction of sp³-hybridized carbons (Fsp3) is 0.786. The van der Waals surface area contributed by atoms with Crippen LogP contribution in [0.1, 0.15) is 170 Å². The van der Waals surface area contributed by atoms with Crippen LogP contribution in [0.3, 0.4) is 0 Å². The van der Waals surface area contributed by atoms with Crippen molar-refractivity contribution in [1.82, 2.24) is 39.5 Å². The zero-order valence-corrected chi connectivity index (χ0v) is 60.1. The summed E-state index contributed by atoms with van der Waals surface area (Å²) in [7, 11) is 0. The van der Waals surface area contributed by atoms with E-state index in [1.165, 1.54) is 0 Å². The van der Waals surface area contributed by atoms with Crippen molar-refractivity contribution < 1.29 is 80.9 Å². The molecule has 0 aliphatic carbocycles. The number of nitrogens with zero attached hydrogens (tertiary/aromatic N) is 5. The van der Waals surface area contributed by atoms with E-state index >= 15 is 0 Å². The van der Waals surface area contributed by atoms with E-state index in [0.29, 0.717) is 110 Å². The number of carbonyl (C=O) groups is 6. The fourth-order valence-corrected chi connectivity index (χ4v) is 10.1. The van der Waals surface area contributed by atoms with Crippen LogP contribution in [-0.4, -0.2) is 221 Å². The van der Waals surface area contributed by atoms with Gasteiger partial charge in [-0.15, -0.1) is 0 Å². The second kappa shape index (κ2) is 50.8. The molecule has 1 aromatic rings. The summed E-state index contributed by atoms with van der Waals surface area (Å²) in [4.78, 5) is 120. The highest BCUT2D eigenvalue weighted by molar-refractivity contribution is 5.81. The van der Waals surface area contributed by atoms with Crippen molar-refractivity contribution >= 4 is 36.2 Å². The number of unbranched alkanes of at least 4 members (excludes halogenated alkanes) is 13. The lowest BCUT2D eigenvalue weighted by atomic mass is 9.91. The number of rotatable bonds is 60. The molecular weight excluding hydrogens is 1270 g/mol. The van der Waals surface area contributed by atoms with Crippen molar-refractivity contribution in [1.29, 1.82) is 0 Å². The zero-order valence-electron chi connectivity index (χ0n) is 60.1. The van der Waals surface area contributed by atoms with Gasteiger partial charge in [0.1, 0.15) is 38.6 Å². The van der Waals surface area contributed by atoms with Crippen molar-refractivity contribution in [3.8, 4) is 0 Å². The number of ether oxygens (including phenoxy) is 11. The molecule has 0 spiro atoms. The summed E-state index contributed by atoms with van der Waals surface area (Å²) >= 11 is 0. The molecule has 0 aromatic carbocycles. The smallest absolute Gasteiger partial charge is 0.407 e. The Balaban J connectivity index is 1.58. The molecule has 2 aliphatic heterocycles. The van der Waals surface area contributed by atoms with Crippen LogP contribution >= 0.6 is 0 Å². The minimum absolute atomic E-state index is 0.0488. The van der Waals surface area contributed by atoms with E-state index in [2.05, 4.69) is 66.3 Å². The first-order valence-electron chi connectivity index (χ1n) is 35.8. The second-order valence-electron chi connectivity index (χ2n) is 25.8. The van der Waals surface area contributed by atoms with Crippen LogP contribution in [0.2, 0.25) is 0 Å². The lowest BCUT2D eigenvalue weighted by molar-refractivity contribution is -0.165. The van der Waals surface area contributed by atoms with Crippen LogP contribution in [0.5, 0.6) is 0 Å². The van der Waals surface area contributed by atoms with Crippen molar-refractivity contribution in [3.63, 3.8) is 0 Å². The van der Waals surface area contributed by atoms with Crippen LogP contribution < -0.4 is 33.0 Å². The molecule has 8 atom stereocenters. The topological polar surface area (TPSA) is 312 Å². The molecule has 0 radical (unpaired) electrons. The van der Waals surface area contributed by atoms with E-state index < -0.39 is 83.1 Å². The number of alkyl carbamates (subject to hydrolysis) is 3. The van der Waals surface area contributed by atoms with Gasteiger partial charge in [-0.2, -0.15) is 0 Å². The lowest BCUT2D eigenvalue weighted by Gasteiger charge is -2.36. The predicted octanol–water partition coefficient (Wildman–Crippen LogP) is 7.37. The van der Waals surface area contributed by atoms with E-state index in [4.69, 9.17) is 52.1 Å². The second-order valence-corrected chi connectivity index (χ2v) is 25.8. The van der Waals surface area contributed by atoms with Gasteiger partial charge >= 0.3 is 53.3 Å². The van der Waals surface area contributed by atoms with Gasteiger partial charge in [-0.1, -0.05) is 97.8 Å². The first kappa shape index (κ1) is 85.8. The molecular formula is C70H120N8O20. The predicted molar refractivity (Wildman–Crippen MR) is 370 cm³/mol. The minimum atomic E-state index is -1.07. The SMILES string of the molecule is C=CC(=O)OCC(C)OCC(COC(C)COC(=O)C=C)(COC(C)COC(=O)C=C)COC(C)COC(=O)NCCCCCCn1c(=O)n(CCCCCCNC(=O)OC(CCCCCC)CN2CC2)c(=O)n(CCCCCCNC(=O)OC(COCCCC)CN2CC2C)c1=O. The molecule has 28 heteroatoms. The van der Waals surface area contributed by atoms with E-state index in [1.54, 1.807) is 27.7 Å². The molecule has 98 heavy (non-hydrogen) atoms. The molecule has 0 bridgehead atoms. The summed E-state index contributed by atoms with van der Waals surface area (Å²) in [5.74, 6) is -1.87. The molecule has 1 aromatic heterocycles. The summed E-state index contributed by atoms with van der Waals surface area (Å²) in [6.45, 7) is 29.6. The average molecular weight is 1390 g/mol. The van der Waals surface area contributed by atoms with Gasteiger partial charge in [0.15, 0.2) is 0 Å². The van der Waals surface area contributed by atoms with Gasteiger partial charge in [-0.05, 0) is 92.4 Å². The fourth-order valence-electron chi connectivity index (χ4n) is 10.1. The Hall–Kier alpha value is -6.43. The lowest BCUT2D eigenvalue weighted by Crippen LogP contribution is -2.54. The Kier molecular flexibility index (Phi) is 44.5. The summed E-state index contributed by atoms with van der Waals surface area (Å²) in [5, 5.41) is 8.49. The third-order valence-electron chi connectivity index (χ3n) is 16.4. The van der Waals surface area contributed by atoms with Crippen molar-refractivity contribution in [3.05, 3.63) is 69.4 Å². The van der Waals surface area contributed by atoms with E-state index in [9.17, 15) is 43.2 Å². The van der Waals surface area contributed by atoms with Crippen LogP contribution in [0, 0.1) is 5.41 Å². The number of hydrogen-bond acceptors (Lipinski definition) is 22. The number of nitrogens with one attached hydrogen (secondary N) is 3. The van der Waals surface area contributed by atoms with E-state index in [0.717, 1.165) is 109 Å². The molecule has 560 valence electrons. The van der Waals surface area contributed by atoms with Gasteiger partial charge in [0.25, 0.3) is 0 Å². The molecule has 3 heterocycles. The Bertz CT molecular complexity index is 2600. The van der Waals surface area contributed by atoms with Gasteiger partial charge in [-0.25, -0.2) is 56.9 Å². The molecule has 0 saturated carbocycles. The van der Waals surface area contributed by atoms with Gasteiger partial charge in [0, 0.05) is 103 Å². The van der Waals surface area contributed by atoms with Gasteiger partial charge < -0.3 is 68.1 Å². The van der Waals surface area contributed by atoms with E-state index in [-0.39, 0.29) is 91.2 Å². The summed E-state index contributed by atoms with van der Waals surface area (Å²) in [6, 6.07) is 0.463. The molecule has 3 N–H and O–H groups in total. The van der Waals surface area contributed by atoms with Gasteiger partial charge in [0.05, 0.1) is 62.9 Å². The summed E-state index contributed by atoms with van der Waals surface area (Å²) < 4.78 is 66.5. The van der Waals surface area contributed by atoms with Crippen molar-refractivity contribution in [2.45, 2.75) is 233 Å². The molecule has 2 fully saturated rings. The molecule has 3 rings (SSSR count). The third-order valence-corrected chi connectivity index (χ3v) is 16.4. The standard InChI is InChI=1S/C70H120N8O20/c1-11-16-18-25-32-59(43-74-39-40-74)97-65(83)72-34-27-20-23-30-37-77-67(85)76(68(86)78(69(77)87)38-31-24-21-28-35-73-66(84)98-60(44-75-42-54(75)6)49-88-41-17-12-2)36-29-22-19-26-33-71-64(82)92-48-58(10)96-53-70(50-93-55(7)45-89-61(79)13-3,51-94-56(8)46-90-62(80)14-4)52-95-57(9)47-91-63(81)15-5/h13-15,54-60H,3-5,11-12,16-53H2,1-2,6-10H3,(H,71,82)(H,72,83)(H,73,84). The number of amides is 3. The first-order valence-corrected chi connectivity index (χ1v) is 35.8. The Labute approximate surface area is 580 Å². The number of esters is 3. The number of hydrogen-bond donors (Lipinski definition) is 3. The first-order chi connectivity index (χ1) is 47.2. The normalized spacial score (nSPS) is 16.6. The zero-order chi connectivity index (χ0) is 71.9. The molecule has 28 nitrogen and oxygen atoms in total. The van der Waals surface area contributed by atoms with Gasteiger partial charge in [0.2, 0.25) is 0 Å². The van der Waals surface area contributed by atoms with Crippen LogP contribution in [0.15, 0.2) is 52.3 Å². The van der Waals surface area contributed by atoms with Crippen LogP contribution in [0.25, 0.3) is 0 Å². The maximum absolute atomic E-state index is 14.0. The Morgan fingerprint density at radius 2 is 0.847 bits per heavy atom. The van der Waals surface area contributed by atoms with Crippen molar-refractivity contribution in [2.75, 3.05) is 118 Å². The highest BCUT2D eigenvalue weighted by Gasteiger charge is 2.36. The Morgan fingerprint density at radius 3 is 1.22 bits per heavy atom. The highest BCUT2D eigenvalue weighted by Crippen LogP contribution is 2.25. The van der Waals surface area contributed by atoms with Crippen LogP contribution in [-0.2, 0) is 86.1 Å². The average Bonchev–Trinajstić information content (AvgIpc) is 1.06. The van der Waals surface area contributed by atoms with Crippen LogP contribution in [0.4, 0.5) is 14.4 Å². The molecule has 3 amide bonds. The summed E-state index contributed by atoms with van der Waals surface area (Å²) in [6.07, 6.45) is 13.2. The quantitative estimate of drug-likeness (QED) is 0.0188. The maximum atomic E-state index is 14.0. The summed E-state index contributed by atoms with van der Waals surface area (Å²) in [5.41, 5.74) is -3.06. The van der Waals surface area contributed by atoms with Gasteiger partial charge in [-0.3, -0.25) is 9.80 Å². The van der Waals surface area contributed by atoms with Crippen molar-refractivity contribution in [2.24, 2.45) is 5.41 Å². The Morgan fingerprint density at radius 1 is 0.480 bits per heavy atom. The highest BCUT2D eigenvalue weighted by atomic mass is 16.6. The minimum Gasteiger partial charge on any atom is -0.460 e.